The number of halogens is 3. The van der Waals surface area contributed by atoms with Crippen LogP contribution in [0.15, 0.2) is 40.6 Å². The van der Waals surface area contributed by atoms with E-state index in [0.29, 0.717) is 5.70 Å². The number of alkyl halides is 3. The summed E-state index contributed by atoms with van der Waals surface area (Å²) in [5, 5.41) is 2.93. The van der Waals surface area contributed by atoms with Gasteiger partial charge in [-0.2, -0.15) is 13.2 Å². The third-order valence-corrected chi connectivity index (χ3v) is 3.05. The molecule has 4 nitrogen and oxygen atoms in total. The summed E-state index contributed by atoms with van der Waals surface area (Å²) in [5.41, 5.74) is 0.308. The Hall–Kier alpha value is -1.76. The number of ether oxygens (including phenoxy) is 2. The molecule has 0 aromatic heterocycles. The highest BCUT2D eigenvalue weighted by atomic mass is 19.4. The SMILES string of the molecule is C=C(C(=C)C(F)(F)F)C(CC(NC(=NC)OC)=C(C)C)OC. The van der Waals surface area contributed by atoms with Gasteiger partial charge in [-0.25, -0.2) is 4.99 Å². The zero-order chi connectivity index (χ0) is 17.5. The molecule has 1 atom stereocenters. The molecule has 0 saturated heterocycles. The summed E-state index contributed by atoms with van der Waals surface area (Å²) in [6.45, 7) is 10.2. The summed E-state index contributed by atoms with van der Waals surface area (Å²) in [7, 11) is 4.30. The lowest BCUT2D eigenvalue weighted by molar-refractivity contribution is -0.0908. The minimum absolute atomic E-state index is 0.162. The first-order chi connectivity index (χ1) is 10.1. The number of methoxy groups -OCH3 is 2. The van der Waals surface area contributed by atoms with Gasteiger partial charge in [0.1, 0.15) is 0 Å². The molecule has 0 aliphatic rings. The third kappa shape index (κ3) is 5.93. The zero-order valence-electron chi connectivity index (χ0n) is 13.6. The maximum absolute atomic E-state index is 12.7. The molecular formula is C15H23F3N2O2. The summed E-state index contributed by atoms with van der Waals surface area (Å²) in [4.78, 5) is 3.87. The Labute approximate surface area is 129 Å². The molecule has 1 N–H and O–H groups in total. The lowest BCUT2D eigenvalue weighted by atomic mass is 9.98. The fourth-order valence-electron chi connectivity index (χ4n) is 1.62. The zero-order valence-corrected chi connectivity index (χ0v) is 13.6. The van der Waals surface area contributed by atoms with Crippen LogP contribution in [0.5, 0.6) is 0 Å². The summed E-state index contributed by atoms with van der Waals surface area (Å²) in [6.07, 6.45) is -5.23. The van der Waals surface area contributed by atoms with Gasteiger partial charge in [-0.1, -0.05) is 18.7 Å². The van der Waals surface area contributed by atoms with Crippen LogP contribution in [0.4, 0.5) is 13.2 Å². The molecule has 0 spiro atoms. The van der Waals surface area contributed by atoms with Crippen LogP contribution in [0.3, 0.4) is 0 Å². The topological polar surface area (TPSA) is 42.9 Å². The maximum atomic E-state index is 12.7. The van der Waals surface area contributed by atoms with E-state index in [1.54, 1.807) is 0 Å². The number of amidine groups is 1. The number of hydrogen-bond donors (Lipinski definition) is 1. The molecule has 0 amide bonds. The Bertz CT molecular complexity index is 476. The summed E-state index contributed by atoms with van der Waals surface area (Å²) >= 11 is 0. The highest BCUT2D eigenvalue weighted by Crippen LogP contribution is 2.32. The Balaban J connectivity index is 5.23. The van der Waals surface area contributed by atoms with Crippen LogP contribution in [0.1, 0.15) is 20.3 Å². The van der Waals surface area contributed by atoms with Crippen molar-refractivity contribution in [3.8, 4) is 0 Å². The fourth-order valence-corrected chi connectivity index (χ4v) is 1.62. The van der Waals surface area contributed by atoms with E-state index in [0.717, 1.165) is 5.57 Å². The van der Waals surface area contributed by atoms with E-state index in [9.17, 15) is 13.2 Å². The third-order valence-electron chi connectivity index (χ3n) is 3.05. The first-order valence-electron chi connectivity index (χ1n) is 6.50. The molecule has 0 rings (SSSR count). The van der Waals surface area contributed by atoms with Gasteiger partial charge < -0.3 is 14.8 Å². The molecule has 0 heterocycles. The molecule has 0 aliphatic carbocycles. The van der Waals surface area contributed by atoms with Crippen molar-refractivity contribution in [2.45, 2.75) is 32.5 Å². The Morgan fingerprint density at radius 1 is 1.23 bits per heavy atom. The molecule has 0 bridgehead atoms. The average Bonchev–Trinajstić information content (AvgIpc) is 2.45. The molecule has 22 heavy (non-hydrogen) atoms. The largest absolute Gasteiger partial charge is 0.468 e. The lowest BCUT2D eigenvalue weighted by Crippen LogP contribution is -2.30. The van der Waals surface area contributed by atoms with E-state index in [4.69, 9.17) is 9.47 Å². The molecule has 0 fully saturated rings. The Morgan fingerprint density at radius 3 is 2.09 bits per heavy atom. The van der Waals surface area contributed by atoms with Crippen molar-refractivity contribution in [2.24, 2.45) is 4.99 Å². The second-order valence-electron chi connectivity index (χ2n) is 4.77. The number of rotatable bonds is 6. The van der Waals surface area contributed by atoms with Gasteiger partial charge >= 0.3 is 6.18 Å². The van der Waals surface area contributed by atoms with Gasteiger partial charge in [0.2, 0.25) is 0 Å². The van der Waals surface area contributed by atoms with Crippen molar-refractivity contribution in [1.29, 1.82) is 0 Å². The van der Waals surface area contributed by atoms with Gasteiger partial charge in [-0.3, -0.25) is 0 Å². The predicted octanol–water partition coefficient (Wildman–Crippen LogP) is 3.58. The number of hydrogen-bond acceptors (Lipinski definition) is 3. The second-order valence-corrected chi connectivity index (χ2v) is 4.77. The minimum atomic E-state index is -4.53. The first kappa shape index (κ1) is 20.2. The van der Waals surface area contributed by atoms with Gasteiger partial charge in [0.05, 0.1) is 18.8 Å². The van der Waals surface area contributed by atoms with E-state index in [1.807, 2.05) is 13.8 Å². The van der Waals surface area contributed by atoms with Crippen LogP contribution in [0.2, 0.25) is 0 Å². The molecule has 126 valence electrons. The average molecular weight is 320 g/mol. The molecular weight excluding hydrogens is 297 g/mol. The van der Waals surface area contributed by atoms with Crippen molar-refractivity contribution in [2.75, 3.05) is 21.3 Å². The highest BCUT2D eigenvalue weighted by Gasteiger charge is 2.36. The van der Waals surface area contributed by atoms with Crippen molar-refractivity contribution >= 4 is 6.02 Å². The molecule has 0 radical (unpaired) electrons. The van der Waals surface area contributed by atoms with Gasteiger partial charge in [0, 0.05) is 26.3 Å². The fraction of sp³-hybridized carbons (Fsp3) is 0.533. The molecule has 7 heteroatoms. The number of allylic oxidation sites excluding steroid dienone is 1. The molecule has 0 aliphatic heterocycles. The van der Waals surface area contributed by atoms with Crippen LogP contribution < -0.4 is 5.32 Å². The Morgan fingerprint density at radius 2 is 1.77 bits per heavy atom. The monoisotopic (exact) mass is 320 g/mol. The minimum Gasteiger partial charge on any atom is -0.468 e. The van der Waals surface area contributed by atoms with Crippen molar-refractivity contribution < 1.29 is 22.6 Å². The van der Waals surface area contributed by atoms with E-state index < -0.39 is 17.9 Å². The van der Waals surface area contributed by atoms with Crippen LogP contribution in [0, 0.1) is 0 Å². The predicted molar refractivity (Wildman–Crippen MR) is 81.6 cm³/mol. The highest BCUT2D eigenvalue weighted by molar-refractivity contribution is 5.75. The molecule has 1 unspecified atom stereocenters. The molecule has 0 aromatic carbocycles. The normalized spacial score (nSPS) is 13.4. The van der Waals surface area contributed by atoms with E-state index >= 15 is 0 Å². The van der Waals surface area contributed by atoms with Gasteiger partial charge in [0.25, 0.3) is 6.02 Å². The van der Waals surface area contributed by atoms with Gasteiger partial charge in [-0.15, -0.1) is 0 Å². The number of aliphatic imine (C=N–C) groups is 1. The first-order valence-corrected chi connectivity index (χ1v) is 6.50. The van der Waals surface area contributed by atoms with Crippen LogP contribution in [-0.4, -0.2) is 39.6 Å². The molecule has 0 saturated carbocycles. The lowest BCUT2D eigenvalue weighted by Gasteiger charge is -2.23. The smallest absolute Gasteiger partial charge is 0.416 e. The van der Waals surface area contributed by atoms with Gasteiger partial charge in [0.15, 0.2) is 0 Å². The second kappa shape index (κ2) is 8.63. The maximum Gasteiger partial charge on any atom is 0.416 e. The Kier molecular flexibility index (Phi) is 7.94. The van der Waals surface area contributed by atoms with Crippen molar-refractivity contribution in [3.63, 3.8) is 0 Å². The van der Waals surface area contributed by atoms with Crippen LogP contribution in [-0.2, 0) is 9.47 Å². The van der Waals surface area contributed by atoms with Crippen LogP contribution >= 0.6 is 0 Å². The van der Waals surface area contributed by atoms with Gasteiger partial charge in [-0.05, 0) is 19.4 Å². The number of nitrogens with one attached hydrogen (secondary N) is 1. The standard InChI is InChI=1S/C15H23F3N2O2/c1-9(2)12(20-14(19-5)22-7)8-13(21-6)10(3)11(4)15(16,17)18/h13H,3-4,8H2,1-2,5-7H3,(H,19,20). The van der Waals surface area contributed by atoms with E-state index in [-0.39, 0.29) is 18.0 Å². The summed E-state index contributed by atoms with van der Waals surface area (Å²) in [6, 6.07) is 0.256. The quantitative estimate of drug-likeness (QED) is 0.462. The van der Waals surface area contributed by atoms with Crippen LogP contribution in [0.25, 0.3) is 0 Å². The summed E-state index contributed by atoms with van der Waals surface area (Å²) in [5.74, 6) is 0. The molecule has 0 aromatic rings. The van der Waals surface area contributed by atoms with Crippen molar-refractivity contribution in [3.05, 3.63) is 35.6 Å². The summed E-state index contributed by atoms with van der Waals surface area (Å²) < 4.78 is 48.3. The van der Waals surface area contributed by atoms with Crippen molar-refractivity contribution in [1.82, 2.24) is 5.32 Å². The van der Waals surface area contributed by atoms with E-state index in [1.165, 1.54) is 21.3 Å². The van der Waals surface area contributed by atoms with E-state index in [2.05, 4.69) is 23.5 Å². The number of nitrogens with zero attached hydrogens (tertiary/aromatic N) is 1.